The zero-order chi connectivity index (χ0) is 19.1. The quantitative estimate of drug-likeness (QED) is 0.534. The Balaban J connectivity index is 1.65. The first-order valence-electron chi connectivity index (χ1n) is 8.88. The van der Waals surface area contributed by atoms with Crippen LogP contribution in [0.2, 0.25) is 0 Å². The summed E-state index contributed by atoms with van der Waals surface area (Å²) < 4.78 is 21.9. The molecular formula is C19H26N4O4. The summed E-state index contributed by atoms with van der Waals surface area (Å²) in [6.07, 6.45) is 0.717. The number of rotatable bonds is 8. The zero-order valence-electron chi connectivity index (χ0n) is 15.7. The number of aromatic nitrogens is 1. The Morgan fingerprint density at radius 2 is 1.89 bits per heavy atom. The Bertz CT molecular complexity index is 750. The van der Waals surface area contributed by atoms with Gasteiger partial charge in [-0.25, -0.2) is 0 Å². The van der Waals surface area contributed by atoms with E-state index in [-0.39, 0.29) is 0 Å². The molecule has 0 radical (unpaired) electrons. The minimum absolute atomic E-state index is 0.485. The summed E-state index contributed by atoms with van der Waals surface area (Å²) in [5, 5.41) is 0. The molecule has 27 heavy (non-hydrogen) atoms. The van der Waals surface area contributed by atoms with Crippen LogP contribution >= 0.6 is 0 Å². The molecule has 0 saturated carbocycles. The van der Waals surface area contributed by atoms with Crippen LogP contribution in [0.4, 0.5) is 11.5 Å². The molecule has 1 fully saturated rings. The third kappa shape index (κ3) is 4.93. The van der Waals surface area contributed by atoms with Gasteiger partial charge in [0.25, 0.3) is 0 Å². The molecule has 0 bridgehead atoms. The predicted molar refractivity (Wildman–Crippen MR) is 104 cm³/mol. The lowest BCUT2D eigenvalue weighted by Gasteiger charge is -2.28. The van der Waals surface area contributed by atoms with Crippen molar-refractivity contribution in [2.75, 3.05) is 57.5 Å². The van der Waals surface area contributed by atoms with E-state index in [0.717, 1.165) is 36.6 Å². The molecule has 0 spiro atoms. The normalized spacial score (nSPS) is 14.0. The van der Waals surface area contributed by atoms with Crippen molar-refractivity contribution in [2.45, 2.75) is 6.42 Å². The second-order valence-electron chi connectivity index (χ2n) is 6.08. The molecule has 0 aliphatic carbocycles. The first kappa shape index (κ1) is 19.1. The van der Waals surface area contributed by atoms with Crippen molar-refractivity contribution in [2.24, 2.45) is 5.84 Å². The van der Waals surface area contributed by atoms with Gasteiger partial charge in [0, 0.05) is 31.6 Å². The standard InChI is InChI=1S/C19H26N4O4/c1-24-16-4-3-14(11-17(16)25-2)5-8-27-19-13-15(22-20)12-18(21-19)23-6-9-26-10-7-23/h3-4,11-13H,5-10,20H2,1-2H3,(H,21,22). The molecule has 1 aliphatic rings. The zero-order valence-corrected chi connectivity index (χ0v) is 15.7. The van der Waals surface area contributed by atoms with Gasteiger partial charge in [-0.2, -0.15) is 4.98 Å². The third-order valence-electron chi connectivity index (χ3n) is 4.38. The van der Waals surface area contributed by atoms with Crippen LogP contribution in [0, 0.1) is 0 Å². The van der Waals surface area contributed by atoms with Crippen molar-refractivity contribution >= 4 is 11.5 Å². The molecular weight excluding hydrogens is 348 g/mol. The Hall–Kier alpha value is -2.71. The molecule has 8 heteroatoms. The topological polar surface area (TPSA) is 91.1 Å². The number of morpholine rings is 1. The minimum atomic E-state index is 0.485. The van der Waals surface area contributed by atoms with Crippen molar-refractivity contribution in [1.29, 1.82) is 0 Å². The number of hydrazine groups is 1. The van der Waals surface area contributed by atoms with Crippen LogP contribution in [0.25, 0.3) is 0 Å². The summed E-state index contributed by atoms with van der Waals surface area (Å²) in [6.45, 7) is 3.46. The van der Waals surface area contributed by atoms with Crippen molar-refractivity contribution in [3.63, 3.8) is 0 Å². The number of nitrogens with one attached hydrogen (secondary N) is 1. The SMILES string of the molecule is COc1ccc(CCOc2cc(NN)cc(N3CCOCC3)n2)cc1OC. The van der Waals surface area contributed by atoms with Crippen LogP contribution in [0.5, 0.6) is 17.4 Å². The average molecular weight is 374 g/mol. The smallest absolute Gasteiger partial charge is 0.217 e. The van der Waals surface area contributed by atoms with Gasteiger partial charge in [-0.3, -0.25) is 5.84 Å². The summed E-state index contributed by atoms with van der Waals surface area (Å²) in [7, 11) is 3.25. The van der Waals surface area contributed by atoms with Gasteiger partial charge >= 0.3 is 0 Å². The second-order valence-corrected chi connectivity index (χ2v) is 6.08. The first-order valence-corrected chi connectivity index (χ1v) is 8.88. The molecule has 2 heterocycles. The number of hydrogen-bond acceptors (Lipinski definition) is 8. The predicted octanol–water partition coefficient (Wildman–Crippen LogP) is 1.84. The lowest BCUT2D eigenvalue weighted by atomic mass is 10.1. The van der Waals surface area contributed by atoms with E-state index in [2.05, 4.69) is 15.3 Å². The van der Waals surface area contributed by atoms with Gasteiger partial charge in [-0.1, -0.05) is 6.07 Å². The Kier molecular flexibility index (Phi) is 6.56. The highest BCUT2D eigenvalue weighted by Crippen LogP contribution is 2.28. The number of ether oxygens (including phenoxy) is 4. The van der Waals surface area contributed by atoms with E-state index in [0.29, 0.717) is 37.2 Å². The molecule has 3 N–H and O–H groups in total. The maximum atomic E-state index is 5.88. The van der Waals surface area contributed by atoms with E-state index in [4.69, 9.17) is 24.8 Å². The monoisotopic (exact) mass is 374 g/mol. The Morgan fingerprint density at radius 3 is 2.59 bits per heavy atom. The fourth-order valence-corrected chi connectivity index (χ4v) is 2.91. The van der Waals surface area contributed by atoms with E-state index in [1.807, 2.05) is 24.3 Å². The number of hydrogen-bond donors (Lipinski definition) is 2. The summed E-state index contributed by atoms with van der Waals surface area (Å²) in [4.78, 5) is 6.76. The van der Waals surface area contributed by atoms with Crippen molar-refractivity contribution in [3.05, 3.63) is 35.9 Å². The molecule has 1 aromatic heterocycles. The van der Waals surface area contributed by atoms with Crippen LogP contribution in [0.15, 0.2) is 30.3 Å². The Labute approximate surface area is 159 Å². The fraction of sp³-hybridized carbons (Fsp3) is 0.421. The van der Waals surface area contributed by atoms with E-state index < -0.39 is 0 Å². The number of benzene rings is 1. The van der Waals surface area contributed by atoms with E-state index in [1.165, 1.54) is 0 Å². The van der Waals surface area contributed by atoms with Gasteiger partial charge in [-0.05, 0) is 17.7 Å². The summed E-state index contributed by atoms with van der Waals surface area (Å²) in [5.41, 5.74) is 4.52. The molecule has 1 saturated heterocycles. The van der Waals surface area contributed by atoms with Crippen molar-refractivity contribution in [3.8, 4) is 17.4 Å². The van der Waals surface area contributed by atoms with Gasteiger partial charge in [0.1, 0.15) is 5.82 Å². The molecule has 0 unspecified atom stereocenters. The van der Waals surface area contributed by atoms with Gasteiger partial charge in [0.05, 0.1) is 39.7 Å². The highest BCUT2D eigenvalue weighted by molar-refractivity contribution is 5.56. The summed E-state index contributed by atoms with van der Waals surface area (Å²) in [6, 6.07) is 9.54. The average Bonchev–Trinajstić information content (AvgIpc) is 2.74. The number of nitrogens with two attached hydrogens (primary N) is 1. The highest BCUT2D eigenvalue weighted by atomic mass is 16.5. The number of pyridine rings is 1. The molecule has 2 aromatic rings. The van der Waals surface area contributed by atoms with Crippen LogP contribution < -0.4 is 30.4 Å². The number of anilines is 2. The van der Waals surface area contributed by atoms with Gasteiger partial charge < -0.3 is 29.3 Å². The molecule has 0 atom stereocenters. The van der Waals surface area contributed by atoms with Crippen molar-refractivity contribution < 1.29 is 18.9 Å². The molecule has 1 aromatic carbocycles. The lowest BCUT2D eigenvalue weighted by molar-refractivity contribution is 0.122. The fourth-order valence-electron chi connectivity index (χ4n) is 2.91. The van der Waals surface area contributed by atoms with E-state index in [9.17, 15) is 0 Å². The van der Waals surface area contributed by atoms with Crippen LogP contribution in [-0.4, -0.2) is 52.1 Å². The Morgan fingerprint density at radius 1 is 1.11 bits per heavy atom. The number of methoxy groups -OCH3 is 2. The summed E-state index contributed by atoms with van der Waals surface area (Å²) in [5.74, 6) is 8.37. The van der Waals surface area contributed by atoms with E-state index in [1.54, 1.807) is 20.3 Å². The molecule has 1 aliphatic heterocycles. The first-order chi connectivity index (χ1) is 13.2. The van der Waals surface area contributed by atoms with Crippen molar-refractivity contribution in [1.82, 2.24) is 4.98 Å². The highest BCUT2D eigenvalue weighted by Gasteiger charge is 2.14. The van der Waals surface area contributed by atoms with E-state index >= 15 is 0 Å². The van der Waals surface area contributed by atoms with Gasteiger partial charge in [0.2, 0.25) is 5.88 Å². The van der Waals surface area contributed by atoms with Gasteiger partial charge in [-0.15, -0.1) is 0 Å². The maximum Gasteiger partial charge on any atom is 0.217 e. The lowest BCUT2D eigenvalue weighted by Crippen LogP contribution is -2.36. The van der Waals surface area contributed by atoms with Gasteiger partial charge in [0.15, 0.2) is 11.5 Å². The summed E-state index contributed by atoms with van der Waals surface area (Å²) >= 11 is 0. The molecule has 146 valence electrons. The van der Waals surface area contributed by atoms with Crippen LogP contribution in [-0.2, 0) is 11.2 Å². The minimum Gasteiger partial charge on any atom is -0.493 e. The largest absolute Gasteiger partial charge is 0.493 e. The maximum absolute atomic E-state index is 5.88. The van der Waals surface area contributed by atoms with Crippen LogP contribution in [0.1, 0.15) is 5.56 Å². The second kappa shape index (κ2) is 9.29. The van der Waals surface area contributed by atoms with Crippen LogP contribution in [0.3, 0.4) is 0 Å². The third-order valence-corrected chi connectivity index (χ3v) is 4.38. The molecule has 8 nitrogen and oxygen atoms in total. The number of nitrogen functional groups attached to an aromatic ring is 1. The number of nitrogens with zero attached hydrogens (tertiary/aromatic N) is 2. The molecule has 3 rings (SSSR count). The molecule has 0 amide bonds.